The van der Waals surface area contributed by atoms with E-state index in [9.17, 15) is 14.4 Å². The summed E-state index contributed by atoms with van der Waals surface area (Å²) < 4.78 is 2.18. The second-order valence-electron chi connectivity index (χ2n) is 6.85. The first kappa shape index (κ1) is 18.1. The fraction of sp³-hybridized carbons (Fsp3) is 0.529. The summed E-state index contributed by atoms with van der Waals surface area (Å²) in [5.41, 5.74) is -1.21. The molecule has 9 heteroatoms. The molecule has 0 saturated carbocycles. The first-order valence-electron chi connectivity index (χ1n) is 8.72. The summed E-state index contributed by atoms with van der Waals surface area (Å²) in [4.78, 5) is 48.1. The van der Waals surface area contributed by atoms with Crippen molar-refractivity contribution in [3.63, 3.8) is 0 Å². The fourth-order valence-corrected chi connectivity index (χ4v) is 3.27. The Hall–Kier alpha value is -2.68. The molecule has 1 saturated heterocycles. The van der Waals surface area contributed by atoms with E-state index in [1.165, 1.54) is 0 Å². The van der Waals surface area contributed by atoms with Crippen molar-refractivity contribution in [3.8, 4) is 0 Å². The van der Waals surface area contributed by atoms with Crippen molar-refractivity contribution in [1.82, 2.24) is 29.3 Å². The van der Waals surface area contributed by atoms with Crippen LogP contribution in [0.5, 0.6) is 0 Å². The second-order valence-corrected chi connectivity index (χ2v) is 6.85. The molecule has 1 amide bonds. The summed E-state index contributed by atoms with van der Waals surface area (Å²) in [5.74, 6) is 1.04. The number of aromatic amines is 2. The van der Waals surface area contributed by atoms with Gasteiger partial charge in [0, 0.05) is 50.6 Å². The van der Waals surface area contributed by atoms with Crippen LogP contribution in [0.4, 0.5) is 0 Å². The zero-order valence-corrected chi connectivity index (χ0v) is 15.1. The van der Waals surface area contributed by atoms with E-state index in [4.69, 9.17) is 0 Å². The summed E-state index contributed by atoms with van der Waals surface area (Å²) in [7, 11) is 4.08. The number of rotatable bonds is 5. The number of carbonyl (C=O) groups excluding carboxylic acids is 1. The fourth-order valence-electron chi connectivity index (χ4n) is 3.27. The lowest BCUT2D eigenvalue weighted by Crippen LogP contribution is -2.40. The Balaban J connectivity index is 1.64. The third-order valence-corrected chi connectivity index (χ3v) is 4.67. The van der Waals surface area contributed by atoms with Crippen molar-refractivity contribution in [3.05, 3.63) is 50.8 Å². The topological polar surface area (TPSA) is 107 Å². The Morgan fingerprint density at radius 1 is 1.27 bits per heavy atom. The van der Waals surface area contributed by atoms with Crippen LogP contribution in [0.2, 0.25) is 0 Å². The maximum Gasteiger partial charge on any atom is 0.326 e. The summed E-state index contributed by atoms with van der Waals surface area (Å²) in [6, 6.07) is 1.13. The number of carbonyl (C=O) groups is 1. The maximum atomic E-state index is 12.5. The first-order valence-corrected chi connectivity index (χ1v) is 8.72. The van der Waals surface area contributed by atoms with Crippen LogP contribution >= 0.6 is 0 Å². The molecular formula is C17H24N6O3. The molecule has 1 aliphatic rings. The first-order chi connectivity index (χ1) is 12.4. The molecule has 0 aromatic carbocycles. The highest BCUT2D eigenvalue weighted by Crippen LogP contribution is 2.27. The minimum atomic E-state index is -0.668. The predicted octanol–water partition coefficient (Wildman–Crippen LogP) is -0.159. The number of H-pyrrole nitrogens is 2. The summed E-state index contributed by atoms with van der Waals surface area (Å²) in [6.07, 6.45) is 5.43. The van der Waals surface area contributed by atoms with Gasteiger partial charge in [-0.25, -0.2) is 9.78 Å². The van der Waals surface area contributed by atoms with Crippen molar-refractivity contribution >= 4 is 5.91 Å². The molecule has 3 rings (SSSR count). The van der Waals surface area contributed by atoms with Crippen molar-refractivity contribution in [2.45, 2.75) is 25.3 Å². The predicted molar refractivity (Wildman–Crippen MR) is 96.3 cm³/mol. The Kier molecular flexibility index (Phi) is 5.36. The lowest BCUT2D eigenvalue weighted by atomic mass is 9.95. The van der Waals surface area contributed by atoms with Gasteiger partial charge in [-0.15, -0.1) is 0 Å². The van der Waals surface area contributed by atoms with E-state index in [1.807, 2.05) is 26.5 Å². The van der Waals surface area contributed by atoms with Crippen LogP contribution in [0.15, 0.2) is 28.0 Å². The normalized spacial score (nSPS) is 15.6. The molecule has 2 N–H and O–H groups in total. The number of piperidine rings is 1. The number of imidazole rings is 1. The van der Waals surface area contributed by atoms with Gasteiger partial charge in [-0.1, -0.05) is 0 Å². The molecule has 0 bridgehead atoms. The van der Waals surface area contributed by atoms with Crippen LogP contribution in [-0.2, 0) is 6.54 Å². The quantitative estimate of drug-likeness (QED) is 0.771. The number of hydrogen-bond acceptors (Lipinski definition) is 5. The molecule has 26 heavy (non-hydrogen) atoms. The van der Waals surface area contributed by atoms with Crippen molar-refractivity contribution in [1.29, 1.82) is 0 Å². The molecule has 0 unspecified atom stereocenters. The van der Waals surface area contributed by atoms with Crippen molar-refractivity contribution in [2.24, 2.45) is 0 Å². The van der Waals surface area contributed by atoms with Crippen LogP contribution in [0.1, 0.15) is 35.1 Å². The number of nitrogens with zero attached hydrogens (tertiary/aromatic N) is 4. The Labute approximate surface area is 150 Å². The molecule has 0 radical (unpaired) electrons. The van der Waals surface area contributed by atoms with Crippen LogP contribution < -0.4 is 11.2 Å². The van der Waals surface area contributed by atoms with Crippen LogP contribution in [-0.4, -0.2) is 69.0 Å². The minimum absolute atomic E-state index is 0.0321. The molecule has 2 aromatic heterocycles. The number of hydrogen-bond donors (Lipinski definition) is 2. The highest BCUT2D eigenvalue weighted by molar-refractivity contribution is 5.92. The van der Waals surface area contributed by atoms with E-state index in [2.05, 4.69) is 24.4 Å². The number of amides is 1. The lowest BCUT2D eigenvalue weighted by molar-refractivity contribution is 0.0703. The number of likely N-dealkylation sites (N-methyl/N-ethyl adjacent to an activating group) is 1. The van der Waals surface area contributed by atoms with Gasteiger partial charge in [-0.2, -0.15) is 0 Å². The molecule has 9 nitrogen and oxygen atoms in total. The zero-order valence-electron chi connectivity index (χ0n) is 15.1. The van der Waals surface area contributed by atoms with Crippen molar-refractivity contribution < 1.29 is 4.79 Å². The highest BCUT2D eigenvalue weighted by Gasteiger charge is 2.27. The van der Waals surface area contributed by atoms with Gasteiger partial charge in [-0.3, -0.25) is 14.6 Å². The number of likely N-dealkylation sites (tertiary alicyclic amines) is 1. The third kappa shape index (κ3) is 4.10. The van der Waals surface area contributed by atoms with Gasteiger partial charge in [0.25, 0.3) is 11.5 Å². The largest absolute Gasteiger partial charge is 0.337 e. The smallest absolute Gasteiger partial charge is 0.326 e. The van der Waals surface area contributed by atoms with E-state index in [-0.39, 0.29) is 11.6 Å². The second kappa shape index (κ2) is 7.69. The van der Waals surface area contributed by atoms with Gasteiger partial charge in [-0.05, 0) is 26.9 Å². The van der Waals surface area contributed by atoms with Gasteiger partial charge >= 0.3 is 5.69 Å². The van der Waals surface area contributed by atoms with E-state index in [0.29, 0.717) is 19.0 Å². The summed E-state index contributed by atoms with van der Waals surface area (Å²) in [5, 5.41) is 0. The van der Waals surface area contributed by atoms with Gasteiger partial charge in [0.05, 0.1) is 0 Å². The van der Waals surface area contributed by atoms with E-state index in [0.717, 1.165) is 37.8 Å². The molecule has 0 atom stereocenters. The SMILES string of the molecule is CN(C)CCn1ccnc1C1CCN(C(=O)c2cc(=O)[nH]c(=O)[nH]2)CC1. The van der Waals surface area contributed by atoms with Gasteiger partial charge < -0.3 is 19.4 Å². The van der Waals surface area contributed by atoms with Crippen molar-refractivity contribution in [2.75, 3.05) is 33.7 Å². The van der Waals surface area contributed by atoms with E-state index in [1.54, 1.807) is 4.90 Å². The van der Waals surface area contributed by atoms with E-state index >= 15 is 0 Å². The summed E-state index contributed by atoms with van der Waals surface area (Å²) in [6.45, 7) is 2.96. The monoisotopic (exact) mass is 360 g/mol. The molecular weight excluding hydrogens is 336 g/mol. The Bertz CT molecular complexity index is 845. The third-order valence-electron chi connectivity index (χ3n) is 4.67. The molecule has 2 aromatic rings. The molecule has 0 aliphatic carbocycles. The number of nitrogens with one attached hydrogen (secondary N) is 2. The van der Waals surface area contributed by atoms with Crippen LogP contribution in [0.3, 0.4) is 0 Å². The van der Waals surface area contributed by atoms with Gasteiger partial charge in [0.15, 0.2) is 0 Å². The number of aromatic nitrogens is 4. The van der Waals surface area contributed by atoms with Gasteiger partial charge in [0.1, 0.15) is 11.5 Å². The summed E-state index contributed by atoms with van der Waals surface area (Å²) >= 11 is 0. The molecule has 1 aliphatic heterocycles. The maximum absolute atomic E-state index is 12.5. The minimum Gasteiger partial charge on any atom is -0.337 e. The van der Waals surface area contributed by atoms with Crippen LogP contribution in [0.25, 0.3) is 0 Å². The molecule has 0 spiro atoms. The van der Waals surface area contributed by atoms with Crippen LogP contribution in [0, 0.1) is 0 Å². The Morgan fingerprint density at radius 3 is 2.65 bits per heavy atom. The Morgan fingerprint density at radius 2 is 2.00 bits per heavy atom. The van der Waals surface area contributed by atoms with E-state index < -0.39 is 11.2 Å². The average Bonchev–Trinajstić information content (AvgIpc) is 3.07. The molecule has 3 heterocycles. The zero-order chi connectivity index (χ0) is 18.7. The van der Waals surface area contributed by atoms with Gasteiger partial charge in [0.2, 0.25) is 0 Å². The molecule has 1 fully saturated rings. The lowest BCUT2D eigenvalue weighted by Gasteiger charge is -2.32. The highest BCUT2D eigenvalue weighted by atomic mass is 16.2. The molecule has 140 valence electrons. The standard InChI is InChI=1S/C17H24N6O3/c1-21(2)9-10-22-8-5-18-15(22)12-3-6-23(7-4-12)16(25)13-11-14(24)20-17(26)19-13/h5,8,11-12H,3-4,6-7,9-10H2,1-2H3,(H2,19,20,24,26). The average molecular weight is 360 g/mol.